The average molecular weight is 1230 g/mol. The highest BCUT2D eigenvalue weighted by Gasteiger charge is 2.73. The summed E-state index contributed by atoms with van der Waals surface area (Å²) >= 11 is 0. The number of aliphatic hydroxyl groups is 4. The Bertz CT molecular complexity index is 2400. The largest absolute Gasteiger partial charge is 0.458 e. The minimum Gasteiger partial charge on any atom is -0.458 e. The number of hydrogen-bond acceptors (Lipinski definition) is 15. The number of esters is 4. The minimum absolute atomic E-state index is 0.0833. The molecule has 0 spiro atoms. The van der Waals surface area contributed by atoms with E-state index in [1.54, 1.807) is 0 Å². The van der Waals surface area contributed by atoms with Gasteiger partial charge in [-0.15, -0.1) is 0 Å². The minimum atomic E-state index is -0.795. The van der Waals surface area contributed by atoms with E-state index in [0.717, 1.165) is 102 Å². The average Bonchev–Trinajstić information content (AvgIpc) is 1.29. The van der Waals surface area contributed by atoms with Crippen molar-refractivity contribution in [3.63, 3.8) is 0 Å². The first-order valence-electron chi connectivity index (χ1n) is 34.8. The van der Waals surface area contributed by atoms with Crippen molar-refractivity contribution in [2.75, 3.05) is 39.3 Å². The molecule has 0 aromatic heterocycles. The fourth-order valence-electron chi connectivity index (χ4n) is 21.1. The molecule has 8 rings (SSSR count). The number of ether oxygens (including phenoxy) is 3. The van der Waals surface area contributed by atoms with Gasteiger partial charge in [0.15, 0.2) is 0 Å². The number of carbonyl (C=O) groups is 4. The van der Waals surface area contributed by atoms with Crippen LogP contribution in [0.3, 0.4) is 0 Å². The first-order chi connectivity index (χ1) is 41.4. The van der Waals surface area contributed by atoms with E-state index in [2.05, 4.69) is 78.2 Å². The van der Waals surface area contributed by atoms with Crippen LogP contribution >= 0.6 is 0 Å². The number of aliphatic hydroxyl groups excluding tert-OH is 4. The molecule has 500 valence electrons. The van der Waals surface area contributed by atoms with Crippen LogP contribution in [-0.4, -0.2) is 120 Å². The molecule has 0 aromatic rings. The molecule has 20 atom stereocenters. The molecule has 15 nitrogen and oxygen atoms in total. The summed E-state index contributed by atoms with van der Waals surface area (Å²) in [7, 11) is 0. The Morgan fingerprint density at radius 1 is 0.511 bits per heavy atom. The van der Waals surface area contributed by atoms with Gasteiger partial charge in [-0.2, -0.15) is 0 Å². The highest BCUT2D eigenvalue weighted by Crippen LogP contribution is 2.76. The van der Waals surface area contributed by atoms with Crippen molar-refractivity contribution in [1.82, 2.24) is 10.6 Å². The third-order valence-electron chi connectivity index (χ3n) is 25.6. The Balaban J connectivity index is 0.000000649. The number of unbranched alkanes of at least 4 members (excludes halogenated alkanes) is 2. The van der Waals surface area contributed by atoms with Crippen LogP contribution in [0.2, 0.25) is 0 Å². The molecule has 8 aliphatic carbocycles. The van der Waals surface area contributed by atoms with Gasteiger partial charge < -0.3 is 56.7 Å². The summed E-state index contributed by atoms with van der Waals surface area (Å²) in [4.78, 5) is 57.3. The number of hydrogen-bond donors (Lipinski definition) is 8. The SMILES string of the molecule is CC(=O)O[C@H]1C[C@@]2(C)[C@H](C[C@@H](O)C3[C@@]4(C)CC[C@@H](O)[C@@H](C)C4CC[C@@]32C)C1=C(CCC=C(C)C)C(=O)OC(=O)C(CCC=C(C)C)=C1[C@@H](OC(C)=O)C[C@@]2(C)[C@@H]1C[C@@H](O)[C@@H]1[C@@]3(C)CC[C@@H](O)[C@@H](C)C3CC[C@@]12C.NCCCCNCCCNCCCCN. The maximum atomic E-state index is 15.5. The number of rotatable bonds is 22. The highest BCUT2D eigenvalue weighted by atomic mass is 16.6. The Morgan fingerprint density at radius 3 is 1.22 bits per heavy atom. The number of allylic oxidation sites excluding steroid dienone is 4. The van der Waals surface area contributed by atoms with Crippen LogP contribution in [0.15, 0.2) is 45.6 Å². The molecule has 8 fully saturated rings. The Kier molecular flexibility index (Phi) is 24.4. The van der Waals surface area contributed by atoms with Gasteiger partial charge in [-0.3, -0.25) is 9.59 Å². The van der Waals surface area contributed by atoms with Crippen molar-refractivity contribution in [1.29, 1.82) is 0 Å². The zero-order valence-electron chi connectivity index (χ0n) is 57.1. The van der Waals surface area contributed by atoms with Gasteiger partial charge >= 0.3 is 23.9 Å². The number of fused-ring (bicyclic) bond motifs is 10. The van der Waals surface area contributed by atoms with Crippen molar-refractivity contribution in [3.8, 4) is 0 Å². The van der Waals surface area contributed by atoms with Gasteiger partial charge in [0.05, 0.1) is 24.4 Å². The molecule has 3 unspecified atom stereocenters. The van der Waals surface area contributed by atoms with Crippen LogP contribution in [0.5, 0.6) is 0 Å². The first-order valence-corrected chi connectivity index (χ1v) is 34.8. The monoisotopic (exact) mass is 1230 g/mol. The molecule has 88 heavy (non-hydrogen) atoms. The second-order valence-corrected chi connectivity index (χ2v) is 31.2. The van der Waals surface area contributed by atoms with Crippen LogP contribution < -0.4 is 22.1 Å². The summed E-state index contributed by atoms with van der Waals surface area (Å²) in [6.07, 6.45) is 15.7. The van der Waals surface area contributed by atoms with Crippen molar-refractivity contribution >= 4 is 23.9 Å². The lowest BCUT2D eigenvalue weighted by atomic mass is 9.36. The van der Waals surface area contributed by atoms with E-state index in [1.165, 1.54) is 33.1 Å². The van der Waals surface area contributed by atoms with Gasteiger partial charge in [-0.1, -0.05) is 78.7 Å². The molecule has 0 heterocycles. The second-order valence-electron chi connectivity index (χ2n) is 31.2. The summed E-state index contributed by atoms with van der Waals surface area (Å²) in [5, 5.41) is 54.2. The number of carbonyl (C=O) groups excluding carboxylic acids is 4. The molecule has 0 bridgehead atoms. The summed E-state index contributed by atoms with van der Waals surface area (Å²) in [5.74, 6) is -2.69. The lowest BCUT2D eigenvalue weighted by Gasteiger charge is -2.69. The lowest BCUT2D eigenvalue weighted by Crippen LogP contribution is -2.65. The van der Waals surface area contributed by atoms with E-state index in [0.29, 0.717) is 73.7 Å². The molecular formula is C73H122N4O11. The van der Waals surface area contributed by atoms with Crippen LogP contribution in [0.1, 0.15) is 232 Å². The molecule has 0 amide bonds. The third-order valence-corrected chi connectivity index (χ3v) is 25.6. The van der Waals surface area contributed by atoms with E-state index in [-0.39, 0.29) is 83.2 Å². The molecule has 0 saturated heterocycles. The van der Waals surface area contributed by atoms with Crippen LogP contribution in [0, 0.1) is 79.8 Å². The lowest BCUT2D eigenvalue weighted by molar-refractivity contribution is -0.234. The molecule has 0 radical (unpaired) electrons. The van der Waals surface area contributed by atoms with Gasteiger partial charge in [0.25, 0.3) is 0 Å². The molecular weight excluding hydrogens is 1110 g/mol. The Morgan fingerprint density at radius 2 is 0.875 bits per heavy atom. The summed E-state index contributed by atoms with van der Waals surface area (Å²) in [5.41, 5.74) is 12.5. The highest BCUT2D eigenvalue weighted by molar-refractivity contribution is 6.03. The van der Waals surface area contributed by atoms with Gasteiger partial charge in [0, 0.05) is 25.0 Å². The van der Waals surface area contributed by atoms with Crippen molar-refractivity contribution in [2.24, 2.45) is 91.3 Å². The summed E-state index contributed by atoms with van der Waals surface area (Å²) in [6, 6.07) is 0. The zero-order chi connectivity index (χ0) is 64.9. The predicted molar refractivity (Wildman–Crippen MR) is 348 cm³/mol. The third kappa shape index (κ3) is 14.3. The molecule has 10 N–H and O–H groups in total. The van der Waals surface area contributed by atoms with E-state index in [1.807, 2.05) is 27.7 Å². The molecule has 8 saturated carbocycles. The fourth-order valence-corrected chi connectivity index (χ4v) is 21.1. The quantitative estimate of drug-likeness (QED) is 0.0125. The normalized spacial score (nSPS) is 40.8. The number of nitrogens with two attached hydrogens (primary N) is 2. The maximum Gasteiger partial charge on any atom is 0.342 e. The second kappa shape index (κ2) is 29.8. The Hall–Kier alpha value is -3.28. The summed E-state index contributed by atoms with van der Waals surface area (Å²) in [6.45, 7) is 34.9. The van der Waals surface area contributed by atoms with E-state index in [9.17, 15) is 30.0 Å². The van der Waals surface area contributed by atoms with Gasteiger partial charge in [0.2, 0.25) is 0 Å². The van der Waals surface area contributed by atoms with Crippen molar-refractivity contribution in [2.45, 2.75) is 268 Å². The maximum absolute atomic E-state index is 15.5. The van der Waals surface area contributed by atoms with Crippen LogP contribution in [0.4, 0.5) is 0 Å². The van der Waals surface area contributed by atoms with Crippen molar-refractivity contribution in [3.05, 3.63) is 45.6 Å². The van der Waals surface area contributed by atoms with E-state index < -0.39 is 70.0 Å². The standard InChI is InChI=1S/C62H94O11.C11H28N4/c1-33(2)17-15-19-39(51-43-29-47(67)53-57(9)25-23-45(65)35(5)41(57)21-27-59(53,11)61(43,13)31-49(51)71-37(7)63)55(69)73-56(70)40(20-16-18-34(3)4)52-44-30-48(68)54-58(10)26-24-46(66)36(6)42(58)22-28-60(54,12)62(44,14)32-50(52)72-38(8)64;12-6-1-3-8-14-10-5-11-15-9-4-2-7-13/h17-18,35-36,41-50,53-54,65-68H,15-16,19-32H2,1-14H3;14-15H,1-13H2/t35-,36-,41?,42?,43+,44+,45+,46+,47+,48+,49-,50-,53+,54?,57-,58-,59-,60-,61-,62-;/m0./s1. The van der Waals surface area contributed by atoms with Gasteiger partial charge in [-0.05, 0) is 293 Å². The molecule has 0 aromatic carbocycles. The van der Waals surface area contributed by atoms with Crippen molar-refractivity contribution < 1.29 is 53.8 Å². The van der Waals surface area contributed by atoms with Crippen LogP contribution in [0.25, 0.3) is 0 Å². The predicted octanol–water partition coefficient (Wildman–Crippen LogP) is 11.3. The number of nitrogens with one attached hydrogen (secondary N) is 2. The fraction of sp³-hybridized carbons (Fsp3) is 0.836. The smallest absolute Gasteiger partial charge is 0.342 e. The summed E-state index contributed by atoms with van der Waals surface area (Å²) < 4.78 is 18.9. The van der Waals surface area contributed by atoms with E-state index in [4.69, 9.17) is 25.7 Å². The van der Waals surface area contributed by atoms with Gasteiger partial charge in [0.1, 0.15) is 12.2 Å². The van der Waals surface area contributed by atoms with E-state index >= 15 is 9.59 Å². The van der Waals surface area contributed by atoms with Gasteiger partial charge in [-0.25, -0.2) is 9.59 Å². The molecule has 15 heteroatoms. The Labute approximate surface area is 530 Å². The topological polar surface area (TPSA) is 253 Å². The first kappa shape index (κ1) is 72.2. The molecule has 8 aliphatic rings. The van der Waals surface area contributed by atoms with Crippen LogP contribution in [-0.2, 0) is 33.4 Å². The molecule has 0 aliphatic heterocycles. The zero-order valence-corrected chi connectivity index (χ0v) is 57.1.